The van der Waals surface area contributed by atoms with Crippen LogP contribution in [0.1, 0.15) is 32.6 Å². The van der Waals surface area contributed by atoms with Gasteiger partial charge in [-0.05, 0) is 48.5 Å². The Balaban J connectivity index is 2.24. The summed E-state index contributed by atoms with van der Waals surface area (Å²) < 4.78 is 0.916. The number of anilines is 2. The van der Waals surface area contributed by atoms with Crippen LogP contribution in [0.5, 0.6) is 0 Å². The van der Waals surface area contributed by atoms with Crippen LogP contribution in [-0.2, 0) is 0 Å². The molecule has 5 nitrogen and oxygen atoms in total. The molecule has 2 heterocycles. The molecular formula is C13H21BrN4O. The van der Waals surface area contributed by atoms with E-state index in [1.807, 2.05) is 6.92 Å². The molecule has 0 amide bonds. The summed E-state index contributed by atoms with van der Waals surface area (Å²) in [5.41, 5.74) is 0. The molecule has 1 aromatic rings. The van der Waals surface area contributed by atoms with E-state index in [1.54, 1.807) is 6.20 Å². The molecule has 1 atom stereocenters. The number of aliphatic hydroxyl groups excluding tert-OH is 1. The maximum absolute atomic E-state index is 9.21. The van der Waals surface area contributed by atoms with E-state index in [0.717, 1.165) is 36.2 Å². The zero-order valence-corrected chi connectivity index (χ0v) is 12.9. The van der Waals surface area contributed by atoms with Gasteiger partial charge < -0.3 is 15.3 Å². The topological polar surface area (TPSA) is 61.3 Å². The number of aliphatic hydroxyl groups is 1. The predicted molar refractivity (Wildman–Crippen MR) is 80.6 cm³/mol. The first kappa shape index (κ1) is 14.5. The van der Waals surface area contributed by atoms with Crippen LogP contribution in [0, 0.1) is 0 Å². The summed E-state index contributed by atoms with van der Waals surface area (Å²) >= 11 is 3.54. The van der Waals surface area contributed by atoms with Gasteiger partial charge in [-0.3, -0.25) is 0 Å². The van der Waals surface area contributed by atoms with Crippen LogP contribution in [0.2, 0.25) is 0 Å². The lowest BCUT2D eigenvalue weighted by Gasteiger charge is -2.37. The number of nitrogens with zero attached hydrogens (tertiary/aromatic N) is 3. The smallest absolute Gasteiger partial charge is 0.224 e. The monoisotopic (exact) mass is 328 g/mol. The largest absolute Gasteiger partial charge is 0.396 e. The molecule has 106 valence electrons. The van der Waals surface area contributed by atoms with Gasteiger partial charge in [0, 0.05) is 31.9 Å². The zero-order chi connectivity index (χ0) is 13.7. The van der Waals surface area contributed by atoms with Crippen LogP contribution < -0.4 is 10.2 Å². The van der Waals surface area contributed by atoms with E-state index in [9.17, 15) is 5.11 Å². The van der Waals surface area contributed by atoms with Gasteiger partial charge in [0.1, 0.15) is 5.82 Å². The lowest BCUT2D eigenvalue weighted by atomic mass is 10.00. The highest BCUT2D eigenvalue weighted by atomic mass is 79.9. The second-order valence-corrected chi connectivity index (χ2v) is 5.61. The predicted octanol–water partition coefficient (Wildman–Crippen LogP) is 2.41. The van der Waals surface area contributed by atoms with E-state index >= 15 is 0 Å². The molecular weight excluding hydrogens is 308 g/mol. The molecule has 2 rings (SSSR count). The summed E-state index contributed by atoms with van der Waals surface area (Å²) in [5, 5.41) is 12.3. The number of halogens is 1. The number of hydrogen-bond acceptors (Lipinski definition) is 5. The highest BCUT2D eigenvalue weighted by Gasteiger charge is 2.25. The van der Waals surface area contributed by atoms with Crippen molar-refractivity contribution in [2.45, 2.75) is 38.6 Å². The van der Waals surface area contributed by atoms with E-state index in [1.165, 1.54) is 12.8 Å². The maximum Gasteiger partial charge on any atom is 0.224 e. The fraction of sp³-hybridized carbons (Fsp3) is 0.692. The minimum absolute atomic E-state index is 0.226. The van der Waals surface area contributed by atoms with Gasteiger partial charge in [0.2, 0.25) is 5.95 Å². The summed E-state index contributed by atoms with van der Waals surface area (Å²) in [4.78, 5) is 11.1. The first-order chi connectivity index (χ1) is 9.26. The Hall–Kier alpha value is -0.880. The van der Waals surface area contributed by atoms with Gasteiger partial charge in [-0.2, -0.15) is 4.98 Å². The fourth-order valence-electron chi connectivity index (χ4n) is 2.53. The molecule has 0 radical (unpaired) electrons. The molecule has 1 aliphatic rings. The van der Waals surface area contributed by atoms with Crippen molar-refractivity contribution in [3.63, 3.8) is 0 Å². The molecule has 1 aliphatic heterocycles. The van der Waals surface area contributed by atoms with Crippen molar-refractivity contribution in [2.75, 3.05) is 29.9 Å². The molecule has 19 heavy (non-hydrogen) atoms. The van der Waals surface area contributed by atoms with Crippen LogP contribution in [0.25, 0.3) is 0 Å². The molecule has 1 saturated heterocycles. The third-order valence-corrected chi connectivity index (χ3v) is 3.98. The van der Waals surface area contributed by atoms with Crippen LogP contribution in [0.3, 0.4) is 0 Å². The Labute approximate surface area is 122 Å². The molecule has 0 spiro atoms. The number of nitrogens with one attached hydrogen (secondary N) is 1. The molecule has 2 N–H and O–H groups in total. The van der Waals surface area contributed by atoms with Gasteiger partial charge in [-0.1, -0.05) is 0 Å². The third-order valence-electron chi connectivity index (χ3n) is 3.42. The molecule has 0 aliphatic carbocycles. The number of hydrogen-bond donors (Lipinski definition) is 2. The Bertz CT molecular complexity index is 414. The molecule has 1 fully saturated rings. The summed E-state index contributed by atoms with van der Waals surface area (Å²) in [7, 11) is 0. The van der Waals surface area contributed by atoms with E-state index in [-0.39, 0.29) is 6.61 Å². The second kappa shape index (κ2) is 7.05. The first-order valence-corrected chi connectivity index (χ1v) is 7.69. The van der Waals surface area contributed by atoms with Crippen molar-refractivity contribution >= 4 is 27.7 Å². The second-order valence-electron chi connectivity index (χ2n) is 4.75. The summed E-state index contributed by atoms with van der Waals surface area (Å²) in [5.74, 6) is 1.60. The van der Waals surface area contributed by atoms with Crippen LogP contribution in [-0.4, -0.2) is 40.8 Å². The Kier molecular flexibility index (Phi) is 5.39. The van der Waals surface area contributed by atoms with Crippen molar-refractivity contribution < 1.29 is 5.11 Å². The van der Waals surface area contributed by atoms with Crippen molar-refractivity contribution in [1.29, 1.82) is 0 Å². The number of rotatable bonds is 5. The highest BCUT2D eigenvalue weighted by Crippen LogP contribution is 2.31. The average molecular weight is 329 g/mol. The molecule has 6 heteroatoms. The molecule has 1 unspecified atom stereocenters. The number of piperidine rings is 1. The number of aromatic nitrogens is 2. The van der Waals surface area contributed by atoms with Crippen LogP contribution in [0.15, 0.2) is 10.7 Å². The Morgan fingerprint density at radius 3 is 3.11 bits per heavy atom. The minimum atomic E-state index is 0.226. The van der Waals surface area contributed by atoms with Crippen LogP contribution >= 0.6 is 15.9 Å². The lowest BCUT2D eigenvalue weighted by molar-refractivity contribution is 0.262. The van der Waals surface area contributed by atoms with E-state index in [4.69, 9.17) is 0 Å². The van der Waals surface area contributed by atoms with Crippen molar-refractivity contribution in [2.24, 2.45) is 0 Å². The highest BCUT2D eigenvalue weighted by molar-refractivity contribution is 9.10. The van der Waals surface area contributed by atoms with Gasteiger partial charge >= 0.3 is 0 Å². The quantitative estimate of drug-likeness (QED) is 0.869. The molecule has 0 bridgehead atoms. The SMILES string of the molecule is CCNc1ncc(Br)c(N2CCCCC2CCO)n1. The standard InChI is InChI=1S/C13H21BrN4O/c1-2-15-13-16-9-11(14)12(17-13)18-7-4-3-5-10(18)6-8-19/h9-10,19H,2-8H2,1H3,(H,15,16,17). The van der Waals surface area contributed by atoms with E-state index in [2.05, 4.69) is 36.1 Å². The van der Waals surface area contributed by atoms with Gasteiger partial charge in [-0.15, -0.1) is 0 Å². The van der Waals surface area contributed by atoms with E-state index in [0.29, 0.717) is 12.0 Å². The summed E-state index contributed by atoms with van der Waals surface area (Å²) in [6.07, 6.45) is 6.12. The third kappa shape index (κ3) is 3.57. The van der Waals surface area contributed by atoms with Gasteiger partial charge in [0.15, 0.2) is 0 Å². The summed E-state index contributed by atoms with van der Waals surface area (Å²) in [6.45, 7) is 4.05. The van der Waals surface area contributed by atoms with Crippen molar-refractivity contribution in [3.8, 4) is 0 Å². The lowest BCUT2D eigenvalue weighted by Crippen LogP contribution is -2.41. The van der Waals surface area contributed by atoms with Crippen molar-refractivity contribution in [3.05, 3.63) is 10.7 Å². The normalized spacial score (nSPS) is 19.5. The van der Waals surface area contributed by atoms with E-state index < -0.39 is 0 Å². The molecule has 1 aromatic heterocycles. The van der Waals surface area contributed by atoms with Crippen molar-refractivity contribution in [1.82, 2.24) is 9.97 Å². The van der Waals surface area contributed by atoms with Crippen LogP contribution in [0.4, 0.5) is 11.8 Å². The molecule has 0 saturated carbocycles. The maximum atomic E-state index is 9.21. The Morgan fingerprint density at radius 2 is 2.37 bits per heavy atom. The van der Waals surface area contributed by atoms with Gasteiger partial charge in [0.05, 0.1) is 4.47 Å². The fourth-order valence-corrected chi connectivity index (χ4v) is 2.95. The summed E-state index contributed by atoms with van der Waals surface area (Å²) in [6, 6.07) is 0.374. The minimum Gasteiger partial charge on any atom is -0.396 e. The first-order valence-electron chi connectivity index (χ1n) is 6.90. The molecule has 0 aromatic carbocycles. The van der Waals surface area contributed by atoms with Gasteiger partial charge in [-0.25, -0.2) is 4.98 Å². The Morgan fingerprint density at radius 1 is 1.53 bits per heavy atom. The average Bonchev–Trinajstić information content (AvgIpc) is 2.42. The zero-order valence-electron chi connectivity index (χ0n) is 11.3. The van der Waals surface area contributed by atoms with Gasteiger partial charge in [0.25, 0.3) is 0 Å².